The fourth-order valence-corrected chi connectivity index (χ4v) is 4.25. The second kappa shape index (κ2) is 8.87. The first-order valence-corrected chi connectivity index (χ1v) is 11.6. The Balaban J connectivity index is 1.57. The van der Waals surface area contributed by atoms with Crippen LogP contribution in [-0.2, 0) is 5.54 Å². The van der Waals surface area contributed by atoms with Gasteiger partial charge in [-0.05, 0) is 50.6 Å². The van der Waals surface area contributed by atoms with Crippen LogP contribution in [0.4, 0.5) is 4.39 Å². The zero-order chi connectivity index (χ0) is 24.6. The Labute approximate surface area is 202 Å². The highest BCUT2D eigenvalue weighted by molar-refractivity contribution is 5.95. The van der Waals surface area contributed by atoms with Crippen LogP contribution >= 0.6 is 0 Å². The molecule has 8 heteroatoms. The van der Waals surface area contributed by atoms with E-state index >= 15 is 0 Å². The third kappa shape index (κ3) is 4.01. The first kappa shape index (κ1) is 22.6. The molecule has 0 saturated carbocycles. The summed E-state index contributed by atoms with van der Waals surface area (Å²) in [4.78, 5) is 21.6. The molecule has 0 spiro atoms. The standard InChI is InChI=1S/C27H25FN6O/c1-4-14-30-26(35)19-11-10-18(16-21(19)28)22-12-13-23-25(31-22)34(33-32-23)27(2,3)20-9-5-7-17-8-6-15-29-24(17)20/h5-13,15-16H,4,14H2,1-3H3,(H,30,35). The highest BCUT2D eigenvalue weighted by Crippen LogP contribution is 2.32. The number of nitrogens with one attached hydrogen (secondary N) is 1. The van der Waals surface area contributed by atoms with Crippen LogP contribution in [0, 0.1) is 5.82 Å². The van der Waals surface area contributed by atoms with E-state index < -0.39 is 17.3 Å². The van der Waals surface area contributed by atoms with Gasteiger partial charge in [-0.2, -0.15) is 0 Å². The van der Waals surface area contributed by atoms with Gasteiger partial charge in [-0.25, -0.2) is 14.1 Å². The Morgan fingerprint density at radius 1 is 1.09 bits per heavy atom. The molecule has 7 nitrogen and oxygen atoms in total. The van der Waals surface area contributed by atoms with Gasteiger partial charge in [-0.3, -0.25) is 9.78 Å². The maximum absolute atomic E-state index is 14.8. The number of para-hydroxylation sites is 1. The first-order valence-electron chi connectivity index (χ1n) is 11.6. The highest BCUT2D eigenvalue weighted by Gasteiger charge is 2.29. The molecule has 176 valence electrons. The Kier molecular flexibility index (Phi) is 5.72. The monoisotopic (exact) mass is 468 g/mol. The molecule has 35 heavy (non-hydrogen) atoms. The van der Waals surface area contributed by atoms with Crippen molar-refractivity contribution in [3.63, 3.8) is 0 Å². The zero-order valence-electron chi connectivity index (χ0n) is 19.8. The number of aromatic nitrogens is 5. The lowest BCUT2D eigenvalue weighted by atomic mass is 9.92. The fourth-order valence-electron chi connectivity index (χ4n) is 4.25. The van der Waals surface area contributed by atoms with Crippen molar-refractivity contribution in [1.82, 2.24) is 30.3 Å². The predicted octanol–water partition coefficient (Wildman–Crippen LogP) is 5.10. The number of hydrogen-bond donors (Lipinski definition) is 1. The van der Waals surface area contributed by atoms with Crippen molar-refractivity contribution in [1.29, 1.82) is 0 Å². The third-order valence-electron chi connectivity index (χ3n) is 6.16. The number of pyridine rings is 2. The van der Waals surface area contributed by atoms with Gasteiger partial charge in [-0.1, -0.05) is 42.5 Å². The molecule has 0 unspecified atom stereocenters. The summed E-state index contributed by atoms with van der Waals surface area (Å²) >= 11 is 0. The third-order valence-corrected chi connectivity index (χ3v) is 6.16. The molecule has 1 amide bonds. The molecular weight excluding hydrogens is 443 g/mol. The molecule has 0 aliphatic carbocycles. The summed E-state index contributed by atoms with van der Waals surface area (Å²) in [5, 5.41) is 12.5. The summed E-state index contributed by atoms with van der Waals surface area (Å²) < 4.78 is 16.6. The van der Waals surface area contributed by atoms with Gasteiger partial charge in [0.2, 0.25) is 0 Å². The lowest BCUT2D eigenvalue weighted by molar-refractivity contribution is 0.0949. The molecule has 0 saturated heterocycles. The summed E-state index contributed by atoms with van der Waals surface area (Å²) in [6, 6.07) is 18.1. The molecular formula is C27H25FN6O. The number of benzene rings is 2. The van der Waals surface area contributed by atoms with Gasteiger partial charge in [0.05, 0.1) is 22.3 Å². The van der Waals surface area contributed by atoms with Crippen molar-refractivity contribution in [3.8, 4) is 11.3 Å². The van der Waals surface area contributed by atoms with Crippen LogP contribution in [0.2, 0.25) is 0 Å². The number of fused-ring (bicyclic) bond motifs is 2. The lowest BCUT2D eigenvalue weighted by Gasteiger charge is -2.26. The molecule has 5 aromatic rings. The minimum atomic E-state index is -0.610. The normalized spacial score (nSPS) is 11.8. The van der Waals surface area contributed by atoms with Gasteiger partial charge >= 0.3 is 0 Å². The maximum atomic E-state index is 14.8. The van der Waals surface area contributed by atoms with E-state index in [2.05, 4.69) is 20.6 Å². The quantitative estimate of drug-likeness (QED) is 0.375. The van der Waals surface area contributed by atoms with E-state index in [0.717, 1.165) is 22.9 Å². The Hall–Kier alpha value is -4.20. The minimum absolute atomic E-state index is 0.0135. The van der Waals surface area contributed by atoms with Crippen molar-refractivity contribution in [2.24, 2.45) is 0 Å². The number of halogens is 1. The van der Waals surface area contributed by atoms with Gasteiger partial charge in [0.25, 0.3) is 5.91 Å². The smallest absolute Gasteiger partial charge is 0.254 e. The maximum Gasteiger partial charge on any atom is 0.254 e. The van der Waals surface area contributed by atoms with Crippen molar-refractivity contribution < 1.29 is 9.18 Å². The van der Waals surface area contributed by atoms with E-state index in [9.17, 15) is 9.18 Å². The topological polar surface area (TPSA) is 85.6 Å². The van der Waals surface area contributed by atoms with E-state index in [0.29, 0.717) is 29.0 Å². The number of hydrogen-bond acceptors (Lipinski definition) is 5. The van der Waals surface area contributed by atoms with E-state index in [4.69, 9.17) is 4.98 Å². The average molecular weight is 469 g/mol. The molecule has 0 atom stereocenters. The van der Waals surface area contributed by atoms with E-state index in [-0.39, 0.29) is 5.56 Å². The molecule has 0 bridgehead atoms. The molecule has 3 heterocycles. The summed E-state index contributed by atoms with van der Waals surface area (Å²) in [6.45, 7) is 6.53. The van der Waals surface area contributed by atoms with Crippen LogP contribution in [-0.4, -0.2) is 37.4 Å². The van der Waals surface area contributed by atoms with Crippen LogP contribution in [0.5, 0.6) is 0 Å². The average Bonchev–Trinajstić information content (AvgIpc) is 3.31. The summed E-state index contributed by atoms with van der Waals surface area (Å²) in [6.07, 6.45) is 2.56. The van der Waals surface area contributed by atoms with E-state index in [1.54, 1.807) is 23.0 Å². The molecule has 3 aromatic heterocycles. The number of carbonyl (C=O) groups excluding carboxylic acids is 1. The second-order valence-corrected chi connectivity index (χ2v) is 8.93. The molecule has 0 radical (unpaired) electrons. The van der Waals surface area contributed by atoms with Crippen LogP contribution in [0.15, 0.2) is 66.9 Å². The summed E-state index contributed by atoms with van der Waals surface area (Å²) in [7, 11) is 0. The van der Waals surface area contributed by atoms with Crippen LogP contribution in [0.1, 0.15) is 43.1 Å². The molecule has 2 aromatic carbocycles. The highest BCUT2D eigenvalue weighted by atomic mass is 19.1. The predicted molar refractivity (Wildman–Crippen MR) is 134 cm³/mol. The van der Waals surface area contributed by atoms with E-state index in [1.807, 2.05) is 57.2 Å². The molecule has 5 rings (SSSR count). The van der Waals surface area contributed by atoms with Gasteiger partial charge < -0.3 is 5.32 Å². The van der Waals surface area contributed by atoms with Crippen molar-refractivity contribution in [2.75, 3.05) is 6.54 Å². The Morgan fingerprint density at radius 2 is 1.91 bits per heavy atom. The summed E-state index contributed by atoms with van der Waals surface area (Å²) in [5.74, 6) is -1.01. The zero-order valence-corrected chi connectivity index (χ0v) is 19.8. The summed E-state index contributed by atoms with van der Waals surface area (Å²) in [5.41, 5.74) is 3.61. The van der Waals surface area contributed by atoms with Gasteiger partial charge in [-0.15, -0.1) is 5.10 Å². The minimum Gasteiger partial charge on any atom is -0.352 e. The Morgan fingerprint density at radius 3 is 2.71 bits per heavy atom. The van der Waals surface area contributed by atoms with Gasteiger partial charge in [0, 0.05) is 29.3 Å². The molecule has 0 aliphatic rings. The number of rotatable bonds is 6. The number of nitrogens with zero attached hydrogens (tertiary/aromatic N) is 5. The van der Waals surface area contributed by atoms with Crippen LogP contribution in [0.3, 0.4) is 0 Å². The van der Waals surface area contributed by atoms with Crippen molar-refractivity contribution in [2.45, 2.75) is 32.7 Å². The number of carbonyl (C=O) groups is 1. The fraction of sp³-hybridized carbons (Fsp3) is 0.222. The van der Waals surface area contributed by atoms with Gasteiger partial charge in [0.15, 0.2) is 5.65 Å². The largest absolute Gasteiger partial charge is 0.352 e. The SMILES string of the molecule is CCCNC(=O)c1ccc(-c2ccc3nnn(C(C)(C)c4cccc5cccnc45)c3n2)cc1F. The number of amides is 1. The van der Waals surface area contributed by atoms with E-state index in [1.165, 1.54) is 12.1 Å². The van der Waals surface area contributed by atoms with Gasteiger partial charge in [0.1, 0.15) is 11.3 Å². The van der Waals surface area contributed by atoms with Crippen LogP contribution < -0.4 is 5.32 Å². The first-order chi connectivity index (χ1) is 16.9. The Bertz CT molecular complexity index is 1550. The van der Waals surface area contributed by atoms with Crippen molar-refractivity contribution in [3.05, 3.63) is 83.8 Å². The molecule has 1 N–H and O–H groups in total. The molecule has 0 aliphatic heterocycles. The van der Waals surface area contributed by atoms with Crippen molar-refractivity contribution >= 4 is 28.0 Å². The molecule has 0 fully saturated rings. The van der Waals surface area contributed by atoms with Crippen LogP contribution in [0.25, 0.3) is 33.3 Å². The second-order valence-electron chi connectivity index (χ2n) is 8.93. The lowest BCUT2D eigenvalue weighted by Crippen LogP contribution is -2.29.